The van der Waals surface area contributed by atoms with Gasteiger partial charge in [-0.25, -0.2) is 0 Å². The van der Waals surface area contributed by atoms with E-state index < -0.39 is 0 Å². The Labute approximate surface area is 116 Å². The van der Waals surface area contributed by atoms with Crippen molar-refractivity contribution in [2.75, 3.05) is 32.8 Å². The van der Waals surface area contributed by atoms with Gasteiger partial charge in [-0.3, -0.25) is 14.7 Å². The number of piperazine rings is 1. The smallest absolute Gasteiger partial charge is 0.271 e. The van der Waals surface area contributed by atoms with Crippen molar-refractivity contribution in [3.05, 3.63) is 18.0 Å². The van der Waals surface area contributed by atoms with Crippen LogP contribution in [0, 0.1) is 0 Å². The van der Waals surface area contributed by atoms with Gasteiger partial charge in [-0.05, 0) is 18.9 Å². The summed E-state index contributed by atoms with van der Waals surface area (Å²) in [5.74, 6) is 0.00264. The van der Waals surface area contributed by atoms with Gasteiger partial charge in [-0.1, -0.05) is 0 Å². The molecule has 1 N–H and O–H groups in total. The minimum absolute atomic E-state index is 0.0632. The van der Waals surface area contributed by atoms with Crippen LogP contribution in [0.2, 0.25) is 0 Å². The lowest BCUT2D eigenvalue weighted by Gasteiger charge is -2.35. The summed E-state index contributed by atoms with van der Waals surface area (Å²) in [7, 11) is 0. The Morgan fingerprint density at radius 3 is 2.60 bits per heavy atom. The van der Waals surface area contributed by atoms with Crippen molar-refractivity contribution in [3.8, 4) is 0 Å². The first-order valence-electron chi connectivity index (χ1n) is 6.95. The summed E-state index contributed by atoms with van der Waals surface area (Å²) in [5, 5.41) is 6.45. The van der Waals surface area contributed by atoms with E-state index in [0.717, 1.165) is 12.8 Å². The maximum absolute atomic E-state index is 12.2. The molecule has 2 fully saturated rings. The summed E-state index contributed by atoms with van der Waals surface area (Å²) in [6.07, 6.45) is 3.05. The number of rotatable bonds is 2. The van der Waals surface area contributed by atoms with E-state index in [1.54, 1.807) is 22.1 Å². The van der Waals surface area contributed by atoms with E-state index >= 15 is 0 Å². The van der Waals surface area contributed by atoms with E-state index in [1.165, 1.54) is 0 Å². The van der Waals surface area contributed by atoms with Crippen LogP contribution in [-0.2, 0) is 9.53 Å². The third-order valence-corrected chi connectivity index (χ3v) is 3.81. The summed E-state index contributed by atoms with van der Waals surface area (Å²) >= 11 is 0. The summed E-state index contributed by atoms with van der Waals surface area (Å²) in [6.45, 7) is 2.92. The predicted octanol–water partition coefficient (Wildman–Crippen LogP) is -0.127. The number of aromatic amines is 1. The highest BCUT2D eigenvalue weighted by Crippen LogP contribution is 2.16. The largest absolute Gasteiger partial charge is 0.368 e. The number of ether oxygens (including phenoxy) is 1. The van der Waals surface area contributed by atoms with E-state index in [2.05, 4.69) is 10.2 Å². The first-order valence-corrected chi connectivity index (χ1v) is 6.95. The molecule has 0 saturated carbocycles. The topological polar surface area (TPSA) is 78.5 Å². The lowest BCUT2D eigenvalue weighted by Crippen LogP contribution is -2.52. The molecule has 7 heteroatoms. The van der Waals surface area contributed by atoms with Gasteiger partial charge >= 0.3 is 0 Å². The predicted molar refractivity (Wildman–Crippen MR) is 70.0 cm³/mol. The summed E-state index contributed by atoms with van der Waals surface area (Å²) < 4.78 is 5.42. The lowest BCUT2D eigenvalue weighted by atomic mass is 10.2. The number of H-pyrrole nitrogens is 1. The van der Waals surface area contributed by atoms with Gasteiger partial charge in [-0.2, -0.15) is 5.10 Å². The zero-order valence-electron chi connectivity index (χ0n) is 11.2. The minimum atomic E-state index is -0.273. The number of nitrogens with one attached hydrogen (secondary N) is 1. The van der Waals surface area contributed by atoms with Crippen LogP contribution in [0.4, 0.5) is 0 Å². The molecule has 1 unspecified atom stereocenters. The maximum Gasteiger partial charge on any atom is 0.271 e. The van der Waals surface area contributed by atoms with E-state index in [0.29, 0.717) is 38.5 Å². The number of nitrogens with zero attached hydrogens (tertiary/aromatic N) is 3. The molecule has 0 aliphatic carbocycles. The molecule has 2 saturated heterocycles. The molecule has 2 aliphatic heterocycles. The minimum Gasteiger partial charge on any atom is -0.368 e. The summed E-state index contributed by atoms with van der Waals surface area (Å²) in [4.78, 5) is 27.8. The number of carbonyl (C=O) groups excluding carboxylic acids is 2. The highest BCUT2D eigenvalue weighted by molar-refractivity contribution is 5.92. The average Bonchev–Trinajstić information content (AvgIpc) is 3.18. The fraction of sp³-hybridized carbons (Fsp3) is 0.615. The SMILES string of the molecule is O=C(c1ccn[nH]1)N1CCN(C(=O)C2CCCO2)CC1. The number of carbonyl (C=O) groups is 2. The van der Waals surface area contributed by atoms with Crippen LogP contribution in [0.15, 0.2) is 12.3 Å². The number of amides is 2. The molecular formula is C13H18N4O3. The third-order valence-electron chi connectivity index (χ3n) is 3.81. The van der Waals surface area contributed by atoms with Crippen molar-refractivity contribution in [3.63, 3.8) is 0 Å². The molecule has 3 rings (SSSR count). The first kappa shape index (κ1) is 13.1. The van der Waals surface area contributed by atoms with Crippen LogP contribution in [0.5, 0.6) is 0 Å². The Kier molecular flexibility index (Phi) is 3.68. The van der Waals surface area contributed by atoms with Gasteiger partial charge in [0.05, 0.1) is 0 Å². The van der Waals surface area contributed by atoms with Crippen molar-refractivity contribution < 1.29 is 14.3 Å². The van der Waals surface area contributed by atoms with Crippen LogP contribution in [0.1, 0.15) is 23.3 Å². The maximum atomic E-state index is 12.2. The summed E-state index contributed by atoms with van der Waals surface area (Å²) in [6, 6.07) is 1.66. The van der Waals surface area contributed by atoms with Crippen LogP contribution >= 0.6 is 0 Å². The van der Waals surface area contributed by atoms with E-state index in [-0.39, 0.29) is 17.9 Å². The second-order valence-electron chi connectivity index (χ2n) is 5.09. The van der Waals surface area contributed by atoms with Gasteiger partial charge in [0.2, 0.25) is 0 Å². The number of aromatic nitrogens is 2. The Hall–Kier alpha value is -1.89. The van der Waals surface area contributed by atoms with Gasteiger partial charge in [0.25, 0.3) is 11.8 Å². The fourth-order valence-electron chi connectivity index (χ4n) is 2.65. The number of hydrogen-bond acceptors (Lipinski definition) is 4. The van der Waals surface area contributed by atoms with Crippen molar-refractivity contribution in [1.29, 1.82) is 0 Å². The van der Waals surface area contributed by atoms with Gasteiger partial charge in [0.15, 0.2) is 0 Å². The molecule has 1 aromatic heterocycles. The molecule has 3 heterocycles. The third kappa shape index (κ3) is 2.53. The van der Waals surface area contributed by atoms with Crippen molar-refractivity contribution in [2.45, 2.75) is 18.9 Å². The van der Waals surface area contributed by atoms with Gasteiger partial charge < -0.3 is 14.5 Å². The molecule has 0 radical (unpaired) electrons. The van der Waals surface area contributed by atoms with Crippen LogP contribution in [0.25, 0.3) is 0 Å². The molecule has 0 spiro atoms. The Balaban J connectivity index is 1.54. The normalized spacial score (nSPS) is 23.1. The molecule has 2 aliphatic rings. The van der Waals surface area contributed by atoms with Crippen LogP contribution in [-0.4, -0.2) is 70.7 Å². The second-order valence-corrected chi connectivity index (χ2v) is 5.09. The van der Waals surface area contributed by atoms with Crippen molar-refractivity contribution >= 4 is 11.8 Å². The van der Waals surface area contributed by atoms with Gasteiger partial charge in [-0.15, -0.1) is 0 Å². The Morgan fingerprint density at radius 2 is 2.00 bits per heavy atom. The van der Waals surface area contributed by atoms with Gasteiger partial charge in [0, 0.05) is 39.0 Å². The zero-order chi connectivity index (χ0) is 13.9. The molecule has 1 aromatic rings. The van der Waals surface area contributed by atoms with E-state index in [1.807, 2.05) is 0 Å². The highest BCUT2D eigenvalue weighted by atomic mass is 16.5. The van der Waals surface area contributed by atoms with E-state index in [9.17, 15) is 9.59 Å². The molecule has 2 amide bonds. The van der Waals surface area contributed by atoms with Crippen LogP contribution < -0.4 is 0 Å². The quantitative estimate of drug-likeness (QED) is 0.817. The molecular weight excluding hydrogens is 260 g/mol. The fourth-order valence-corrected chi connectivity index (χ4v) is 2.65. The number of hydrogen-bond donors (Lipinski definition) is 1. The molecule has 7 nitrogen and oxygen atoms in total. The lowest BCUT2D eigenvalue weighted by molar-refractivity contribution is -0.142. The summed E-state index contributed by atoms with van der Waals surface area (Å²) in [5.41, 5.74) is 0.490. The second kappa shape index (κ2) is 5.62. The Bertz CT molecular complexity index is 474. The molecule has 0 aromatic carbocycles. The van der Waals surface area contributed by atoms with Crippen molar-refractivity contribution in [2.24, 2.45) is 0 Å². The monoisotopic (exact) mass is 278 g/mol. The van der Waals surface area contributed by atoms with Crippen LogP contribution in [0.3, 0.4) is 0 Å². The van der Waals surface area contributed by atoms with Gasteiger partial charge in [0.1, 0.15) is 11.8 Å². The average molecular weight is 278 g/mol. The van der Waals surface area contributed by atoms with Crippen molar-refractivity contribution in [1.82, 2.24) is 20.0 Å². The Morgan fingerprint density at radius 1 is 1.25 bits per heavy atom. The molecule has 0 bridgehead atoms. The molecule has 20 heavy (non-hydrogen) atoms. The zero-order valence-corrected chi connectivity index (χ0v) is 11.2. The first-order chi connectivity index (χ1) is 9.75. The standard InChI is InChI=1S/C13H18N4O3/c18-12(10-3-4-14-15-10)16-5-7-17(8-6-16)13(19)11-2-1-9-20-11/h3-4,11H,1-2,5-9H2,(H,14,15). The molecule has 108 valence electrons. The molecule has 1 atom stereocenters. The highest BCUT2D eigenvalue weighted by Gasteiger charge is 2.31. The van der Waals surface area contributed by atoms with E-state index in [4.69, 9.17) is 4.74 Å².